The van der Waals surface area contributed by atoms with Crippen LogP contribution in [0.1, 0.15) is 40.2 Å². The van der Waals surface area contributed by atoms with Crippen LogP contribution in [0.2, 0.25) is 0 Å². The number of rotatable bonds is 4. The van der Waals surface area contributed by atoms with Crippen molar-refractivity contribution in [2.24, 2.45) is 0 Å². The Bertz CT molecular complexity index is 653. The molecule has 0 saturated carbocycles. The number of carbonyl (C=O) groups excluding carboxylic acids is 1. The predicted octanol–water partition coefficient (Wildman–Crippen LogP) is 3.48. The lowest BCUT2D eigenvalue weighted by Gasteiger charge is -2.23. The number of nitrogens with one attached hydrogen (secondary N) is 2. The number of hydrogen-bond acceptors (Lipinski definition) is 3. The molecular weight excluding hydrogens is 316 g/mol. The van der Waals surface area contributed by atoms with Crippen molar-refractivity contribution >= 4 is 29.7 Å². The average molecular weight is 337 g/mol. The minimum absolute atomic E-state index is 0. The highest BCUT2D eigenvalue weighted by atomic mass is 35.5. The van der Waals surface area contributed by atoms with Crippen molar-refractivity contribution < 1.29 is 4.79 Å². The van der Waals surface area contributed by atoms with Crippen LogP contribution in [-0.4, -0.2) is 12.5 Å². The molecule has 3 rings (SSSR count). The van der Waals surface area contributed by atoms with Gasteiger partial charge in [-0.05, 0) is 34.7 Å². The van der Waals surface area contributed by atoms with Gasteiger partial charge in [-0.15, -0.1) is 23.7 Å². The number of carbonyl (C=O) groups is 1. The molecular formula is C17H21ClN2OS. The zero-order valence-corrected chi connectivity index (χ0v) is 14.4. The van der Waals surface area contributed by atoms with E-state index in [1.807, 2.05) is 12.1 Å². The first kappa shape index (κ1) is 17.0. The van der Waals surface area contributed by atoms with Gasteiger partial charge in [0.2, 0.25) is 0 Å². The smallest absolute Gasteiger partial charge is 0.251 e. The first-order chi connectivity index (χ1) is 10.1. The van der Waals surface area contributed by atoms with Crippen LogP contribution in [0.15, 0.2) is 35.7 Å². The summed E-state index contributed by atoms with van der Waals surface area (Å²) in [6.07, 6.45) is 0. The van der Waals surface area contributed by atoms with Crippen molar-refractivity contribution in [1.82, 2.24) is 10.6 Å². The Kier molecular flexibility index (Phi) is 5.27. The second-order valence-corrected chi connectivity index (χ2v) is 7.08. The number of halogens is 1. The Hall–Kier alpha value is -1.36. The first-order valence-corrected chi connectivity index (χ1v) is 8.09. The molecule has 22 heavy (non-hydrogen) atoms. The van der Waals surface area contributed by atoms with Gasteiger partial charge in [0.25, 0.3) is 5.91 Å². The summed E-state index contributed by atoms with van der Waals surface area (Å²) in [7, 11) is 0. The molecule has 2 aromatic rings. The molecule has 5 heteroatoms. The van der Waals surface area contributed by atoms with Gasteiger partial charge in [-0.3, -0.25) is 4.79 Å². The van der Waals surface area contributed by atoms with Crippen LogP contribution < -0.4 is 10.6 Å². The monoisotopic (exact) mass is 336 g/mol. The predicted molar refractivity (Wildman–Crippen MR) is 93.9 cm³/mol. The van der Waals surface area contributed by atoms with Gasteiger partial charge in [0.1, 0.15) is 0 Å². The highest BCUT2D eigenvalue weighted by Gasteiger charge is 2.23. The van der Waals surface area contributed by atoms with Crippen molar-refractivity contribution in [3.63, 3.8) is 0 Å². The molecule has 0 aliphatic carbocycles. The number of benzene rings is 1. The maximum absolute atomic E-state index is 12.3. The fourth-order valence-corrected chi connectivity index (χ4v) is 3.44. The van der Waals surface area contributed by atoms with Crippen LogP contribution in [0.5, 0.6) is 0 Å². The zero-order chi connectivity index (χ0) is 14.9. The zero-order valence-electron chi connectivity index (χ0n) is 12.8. The van der Waals surface area contributed by atoms with E-state index in [1.54, 1.807) is 11.3 Å². The minimum atomic E-state index is -0.0396. The van der Waals surface area contributed by atoms with E-state index >= 15 is 0 Å². The SMILES string of the molecule is CC(C)(CNC(=O)c1ccc2c(c1)CNC2)c1cccs1.Cl. The van der Waals surface area contributed by atoms with Crippen LogP contribution in [0, 0.1) is 0 Å². The van der Waals surface area contributed by atoms with Crippen LogP contribution in [-0.2, 0) is 18.5 Å². The molecule has 2 heterocycles. The van der Waals surface area contributed by atoms with Crippen LogP contribution >= 0.6 is 23.7 Å². The summed E-state index contributed by atoms with van der Waals surface area (Å²) in [6, 6.07) is 10.1. The minimum Gasteiger partial charge on any atom is -0.351 e. The summed E-state index contributed by atoms with van der Waals surface area (Å²) in [6.45, 7) is 6.72. The third-order valence-corrected chi connectivity index (χ3v) is 5.21. The second kappa shape index (κ2) is 6.82. The highest BCUT2D eigenvalue weighted by Crippen LogP contribution is 2.26. The maximum atomic E-state index is 12.3. The summed E-state index contributed by atoms with van der Waals surface area (Å²) < 4.78 is 0. The summed E-state index contributed by atoms with van der Waals surface area (Å²) in [4.78, 5) is 13.6. The van der Waals surface area contributed by atoms with Crippen LogP contribution in [0.3, 0.4) is 0 Å². The van der Waals surface area contributed by atoms with Crippen molar-refractivity contribution in [2.75, 3.05) is 6.54 Å². The number of hydrogen-bond donors (Lipinski definition) is 2. The lowest BCUT2D eigenvalue weighted by molar-refractivity contribution is 0.0946. The topological polar surface area (TPSA) is 41.1 Å². The van der Waals surface area contributed by atoms with Gasteiger partial charge < -0.3 is 10.6 Å². The fraction of sp³-hybridized carbons (Fsp3) is 0.353. The summed E-state index contributed by atoms with van der Waals surface area (Å²) >= 11 is 1.73. The quantitative estimate of drug-likeness (QED) is 0.897. The second-order valence-electron chi connectivity index (χ2n) is 6.13. The number of thiophene rings is 1. The molecule has 1 aliphatic heterocycles. The van der Waals surface area contributed by atoms with Gasteiger partial charge in [-0.1, -0.05) is 26.0 Å². The van der Waals surface area contributed by atoms with Crippen LogP contribution in [0.4, 0.5) is 0 Å². The Morgan fingerprint density at radius 1 is 1.27 bits per heavy atom. The molecule has 3 nitrogen and oxygen atoms in total. The van der Waals surface area contributed by atoms with E-state index < -0.39 is 0 Å². The third kappa shape index (κ3) is 3.51. The lowest BCUT2D eigenvalue weighted by atomic mass is 9.91. The third-order valence-electron chi connectivity index (χ3n) is 3.98. The molecule has 0 saturated heterocycles. The molecule has 1 aromatic carbocycles. The largest absolute Gasteiger partial charge is 0.351 e. The molecule has 118 valence electrons. The van der Waals surface area contributed by atoms with Gasteiger partial charge in [0.15, 0.2) is 0 Å². The molecule has 1 amide bonds. The summed E-state index contributed by atoms with van der Waals surface area (Å²) in [5.41, 5.74) is 3.24. The van der Waals surface area contributed by atoms with Gasteiger partial charge in [-0.2, -0.15) is 0 Å². The Labute approximate surface area is 141 Å². The Balaban J connectivity index is 0.00000176. The van der Waals surface area contributed by atoms with Crippen molar-refractivity contribution in [2.45, 2.75) is 32.4 Å². The molecule has 1 aromatic heterocycles. The van der Waals surface area contributed by atoms with E-state index in [1.165, 1.54) is 16.0 Å². The van der Waals surface area contributed by atoms with E-state index in [4.69, 9.17) is 0 Å². The van der Waals surface area contributed by atoms with E-state index in [9.17, 15) is 4.79 Å². The van der Waals surface area contributed by atoms with Crippen molar-refractivity contribution in [1.29, 1.82) is 0 Å². The van der Waals surface area contributed by atoms with Gasteiger partial charge in [0.05, 0.1) is 0 Å². The highest BCUT2D eigenvalue weighted by molar-refractivity contribution is 7.10. The van der Waals surface area contributed by atoms with Gasteiger partial charge in [0, 0.05) is 35.5 Å². The average Bonchev–Trinajstić information content (AvgIpc) is 3.14. The molecule has 0 unspecified atom stereocenters. The lowest BCUT2D eigenvalue weighted by Crippen LogP contribution is -2.36. The van der Waals surface area contributed by atoms with Gasteiger partial charge >= 0.3 is 0 Å². The summed E-state index contributed by atoms with van der Waals surface area (Å²) in [5, 5.41) is 8.44. The van der Waals surface area contributed by atoms with E-state index in [0.29, 0.717) is 6.54 Å². The van der Waals surface area contributed by atoms with Crippen LogP contribution in [0.25, 0.3) is 0 Å². The molecule has 0 radical (unpaired) electrons. The first-order valence-electron chi connectivity index (χ1n) is 7.21. The molecule has 0 spiro atoms. The molecule has 0 fully saturated rings. The molecule has 0 atom stereocenters. The fourth-order valence-electron chi connectivity index (χ4n) is 2.59. The van der Waals surface area contributed by atoms with Crippen molar-refractivity contribution in [3.8, 4) is 0 Å². The Morgan fingerprint density at radius 2 is 2.05 bits per heavy atom. The molecule has 1 aliphatic rings. The molecule has 2 N–H and O–H groups in total. The van der Waals surface area contributed by atoms with E-state index in [0.717, 1.165) is 18.7 Å². The standard InChI is InChI=1S/C17H20N2OS.ClH/c1-17(2,15-4-3-7-21-15)11-19-16(20)12-5-6-13-9-18-10-14(13)8-12;/h3-8,18H,9-11H2,1-2H3,(H,19,20);1H. The maximum Gasteiger partial charge on any atom is 0.251 e. The summed E-state index contributed by atoms with van der Waals surface area (Å²) in [5.74, 6) is 0.00864. The van der Waals surface area contributed by atoms with Gasteiger partial charge in [-0.25, -0.2) is 0 Å². The number of fused-ring (bicyclic) bond motifs is 1. The Morgan fingerprint density at radius 3 is 2.77 bits per heavy atom. The molecule has 0 bridgehead atoms. The van der Waals surface area contributed by atoms with Crippen molar-refractivity contribution in [3.05, 3.63) is 57.3 Å². The van der Waals surface area contributed by atoms with E-state index in [2.05, 4.69) is 48.1 Å². The normalized spacial score (nSPS) is 13.4. The van der Waals surface area contributed by atoms with E-state index in [-0.39, 0.29) is 23.7 Å². The number of amides is 1.